The topological polar surface area (TPSA) is 210 Å². The molecule has 6 N–H and O–H groups in total. The Balaban J connectivity index is 1.40. The third-order valence-corrected chi connectivity index (χ3v) is 11.1. The number of ether oxygens (including phenoxy) is 2. The Kier molecular flexibility index (Phi) is 20.2. The summed E-state index contributed by atoms with van der Waals surface area (Å²) in [6.45, 7) is 8.97. The average Bonchev–Trinajstić information content (AvgIpc) is 3.26. The lowest BCUT2D eigenvalue weighted by Gasteiger charge is -2.31. The normalized spacial score (nSPS) is 16.5. The van der Waals surface area contributed by atoms with Gasteiger partial charge in [0.1, 0.15) is 29.6 Å². The van der Waals surface area contributed by atoms with Crippen molar-refractivity contribution in [3.05, 3.63) is 60.2 Å². The molecule has 2 aromatic carbocycles. The molecule has 0 heterocycles. The lowest BCUT2D eigenvalue weighted by Crippen LogP contribution is -2.58. The molecule has 2 aromatic rings. The lowest BCUT2D eigenvalue weighted by molar-refractivity contribution is -0.141. The molecule has 2 aliphatic carbocycles. The molecular weight excluding hydrogens is 793 g/mol. The Hall–Kier alpha value is -5.47. The zero-order chi connectivity index (χ0) is 45.0. The van der Waals surface area contributed by atoms with Gasteiger partial charge in [-0.15, -0.1) is 0 Å². The largest absolute Gasteiger partial charge is 0.457 e. The first-order chi connectivity index (χ1) is 29.7. The molecule has 0 saturated heterocycles. The monoisotopic (exact) mass is 861 g/mol. The van der Waals surface area contributed by atoms with Crippen molar-refractivity contribution in [3.8, 4) is 11.5 Å². The van der Waals surface area contributed by atoms with Gasteiger partial charge in [0.2, 0.25) is 29.4 Å². The minimum atomic E-state index is -1.24. The molecule has 0 bridgehead atoms. The second-order valence-corrected chi connectivity index (χ2v) is 17.4. The van der Waals surface area contributed by atoms with E-state index in [-0.39, 0.29) is 43.2 Å². The Morgan fingerprint density at radius 3 is 1.89 bits per heavy atom. The summed E-state index contributed by atoms with van der Waals surface area (Å²) >= 11 is 0. The average molecular weight is 861 g/mol. The fourth-order valence-corrected chi connectivity index (χ4v) is 7.87. The minimum absolute atomic E-state index is 0.0267. The molecule has 6 amide bonds. The number of para-hydroxylation sites is 1. The Bertz CT molecular complexity index is 1780. The Labute approximate surface area is 366 Å². The number of hydrogen-bond donors (Lipinski definition) is 6. The number of alkyl carbamates (subject to hydrolysis) is 1. The molecule has 0 aliphatic heterocycles. The molecule has 15 heteroatoms. The van der Waals surface area contributed by atoms with Gasteiger partial charge in [-0.05, 0) is 86.1 Å². The number of Topliss-reactive ketones (excluding diaryl/α,β-unsaturated/α-hetero) is 1. The van der Waals surface area contributed by atoms with E-state index < -0.39 is 72.1 Å². The van der Waals surface area contributed by atoms with Crippen LogP contribution >= 0.6 is 0 Å². The zero-order valence-electron chi connectivity index (χ0n) is 37.1. The van der Waals surface area contributed by atoms with Gasteiger partial charge in [0.25, 0.3) is 5.91 Å². The maximum absolute atomic E-state index is 13.8. The van der Waals surface area contributed by atoms with Crippen LogP contribution in [0.2, 0.25) is 0 Å². The summed E-state index contributed by atoms with van der Waals surface area (Å²) in [5, 5.41) is 16.4. The van der Waals surface area contributed by atoms with Gasteiger partial charge in [-0.3, -0.25) is 28.8 Å². The molecular formula is C47H68N6O9. The molecule has 2 aliphatic rings. The molecule has 0 aromatic heterocycles. The number of rotatable bonds is 22. The van der Waals surface area contributed by atoms with E-state index in [4.69, 9.17) is 9.47 Å². The number of hydrogen-bond acceptors (Lipinski definition) is 9. The van der Waals surface area contributed by atoms with Crippen molar-refractivity contribution in [2.24, 2.45) is 17.8 Å². The smallest absolute Gasteiger partial charge is 0.407 e. The summed E-state index contributed by atoms with van der Waals surface area (Å²) < 4.78 is 11.2. The molecule has 2 saturated carbocycles. The first-order valence-electron chi connectivity index (χ1n) is 22.5. The maximum Gasteiger partial charge on any atom is 0.407 e. The van der Waals surface area contributed by atoms with Gasteiger partial charge in [-0.1, -0.05) is 110 Å². The van der Waals surface area contributed by atoms with Crippen molar-refractivity contribution in [3.63, 3.8) is 0 Å². The Morgan fingerprint density at radius 2 is 1.27 bits per heavy atom. The fraction of sp³-hybridized carbons (Fsp3) is 0.596. The van der Waals surface area contributed by atoms with Crippen LogP contribution in [0.5, 0.6) is 11.5 Å². The third kappa shape index (κ3) is 16.4. The van der Waals surface area contributed by atoms with Gasteiger partial charge in [-0.25, -0.2) is 4.79 Å². The predicted molar refractivity (Wildman–Crippen MR) is 235 cm³/mol. The van der Waals surface area contributed by atoms with Crippen molar-refractivity contribution < 1.29 is 43.0 Å². The van der Waals surface area contributed by atoms with E-state index in [1.165, 1.54) is 0 Å². The van der Waals surface area contributed by atoms with E-state index in [2.05, 4.69) is 31.9 Å². The van der Waals surface area contributed by atoms with E-state index >= 15 is 0 Å². The molecule has 2 fully saturated rings. The summed E-state index contributed by atoms with van der Waals surface area (Å²) in [5.41, 5.74) is 0.496. The highest BCUT2D eigenvalue weighted by molar-refractivity contribution is 6.38. The number of carbonyl (C=O) groups is 7. The van der Waals surface area contributed by atoms with E-state index in [1.54, 1.807) is 31.2 Å². The van der Waals surface area contributed by atoms with E-state index in [9.17, 15) is 33.6 Å². The van der Waals surface area contributed by atoms with Crippen LogP contribution < -0.4 is 36.6 Å². The summed E-state index contributed by atoms with van der Waals surface area (Å²) in [5.74, 6) is -3.23. The van der Waals surface area contributed by atoms with Crippen LogP contribution in [0, 0.1) is 17.8 Å². The molecule has 4 rings (SSSR count). The van der Waals surface area contributed by atoms with Crippen LogP contribution in [-0.4, -0.2) is 78.7 Å². The summed E-state index contributed by atoms with van der Waals surface area (Å²) in [6, 6.07) is 11.6. The standard InChI is InChI=1S/C47H68N6O9/c1-6-16-37(50-43(56)38(27-30(2)3)51-45(58)41(32-17-10-7-11-18-32)53-47(60)61-29-31(4)5)42(55)46(59)48-28-39(54)52-40(44(57)49-34-19-12-8-13-20-34)33-23-25-36(26-24-33)62-35-21-14-9-15-22-35/h9,14-15,21-26,30-32,34,37-38,40-41H,6-8,10-13,16-20,27-29H2,1-5H3,(H,48,59)(H,49,57)(H,50,56)(H,51,58)(H,52,54)(H,53,60)/t37?,38-,40?,41-/m0/s1. The van der Waals surface area contributed by atoms with Crippen molar-refractivity contribution in [1.29, 1.82) is 0 Å². The minimum Gasteiger partial charge on any atom is -0.457 e. The first kappa shape index (κ1) is 49.2. The highest BCUT2D eigenvalue weighted by atomic mass is 16.5. The summed E-state index contributed by atoms with van der Waals surface area (Å²) in [4.78, 5) is 94.2. The van der Waals surface area contributed by atoms with Gasteiger partial charge >= 0.3 is 6.09 Å². The highest BCUT2D eigenvalue weighted by Gasteiger charge is 2.36. The van der Waals surface area contributed by atoms with Crippen molar-refractivity contribution >= 4 is 41.4 Å². The molecule has 15 nitrogen and oxygen atoms in total. The molecule has 340 valence electrons. The van der Waals surface area contributed by atoms with Crippen molar-refractivity contribution in [1.82, 2.24) is 31.9 Å². The molecule has 0 radical (unpaired) electrons. The van der Waals surface area contributed by atoms with Crippen LogP contribution in [0.3, 0.4) is 0 Å². The van der Waals surface area contributed by atoms with Crippen LogP contribution in [0.15, 0.2) is 54.6 Å². The zero-order valence-corrected chi connectivity index (χ0v) is 37.1. The lowest BCUT2D eigenvalue weighted by atomic mass is 9.83. The van der Waals surface area contributed by atoms with Gasteiger partial charge in [0.05, 0.1) is 19.2 Å². The number of amides is 6. The third-order valence-electron chi connectivity index (χ3n) is 11.1. The fourth-order valence-electron chi connectivity index (χ4n) is 7.87. The van der Waals surface area contributed by atoms with E-state index in [0.717, 1.165) is 64.2 Å². The number of nitrogens with one attached hydrogen (secondary N) is 6. The van der Waals surface area contributed by atoms with Gasteiger partial charge in [0.15, 0.2) is 0 Å². The second kappa shape index (κ2) is 25.5. The quantitative estimate of drug-likeness (QED) is 0.0776. The molecule has 2 unspecified atom stereocenters. The number of carbonyl (C=O) groups excluding carboxylic acids is 7. The number of ketones is 1. The molecule has 4 atom stereocenters. The van der Waals surface area contributed by atoms with Gasteiger partial charge < -0.3 is 41.4 Å². The van der Waals surface area contributed by atoms with Crippen LogP contribution in [-0.2, 0) is 33.5 Å². The second-order valence-electron chi connectivity index (χ2n) is 17.4. The van der Waals surface area contributed by atoms with E-state index in [1.807, 2.05) is 58.0 Å². The molecule has 62 heavy (non-hydrogen) atoms. The van der Waals surface area contributed by atoms with Crippen molar-refractivity contribution in [2.75, 3.05) is 13.2 Å². The van der Waals surface area contributed by atoms with E-state index in [0.29, 0.717) is 23.5 Å². The number of benzene rings is 2. The van der Waals surface area contributed by atoms with Crippen LogP contribution in [0.25, 0.3) is 0 Å². The predicted octanol–water partition coefficient (Wildman–Crippen LogP) is 5.92. The first-order valence-corrected chi connectivity index (χ1v) is 22.5. The van der Waals surface area contributed by atoms with Crippen LogP contribution in [0.1, 0.15) is 130 Å². The van der Waals surface area contributed by atoms with Gasteiger partial charge in [-0.2, -0.15) is 0 Å². The Morgan fingerprint density at radius 1 is 0.661 bits per heavy atom. The summed E-state index contributed by atoms with van der Waals surface area (Å²) in [7, 11) is 0. The maximum atomic E-state index is 13.8. The molecule has 0 spiro atoms. The van der Waals surface area contributed by atoms with Crippen molar-refractivity contribution in [2.45, 2.75) is 148 Å². The van der Waals surface area contributed by atoms with Gasteiger partial charge in [0, 0.05) is 6.04 Å². The SMILES string of the molecule is CCCC(NC(=O)[C@H](CC(C)C)NC(=O)[C@@H](NC(=O)OCC(C)C)C1CCCCC1)C(=O)C(=O)NCC(=O)NC(C(=O)NC1CCCCC1)c1ccc(Oc2ccccc2)cc1. The summed E-state index contributed by atoms with van der Waals surface area (Å²) in [6.07, 6.45) is 9.15. The van der Waals surface area contributed by atoms with Crippen LogP contribution in [0.4, 0.5) is 4.79 Å². The highest BCUT2D eigenvalue weighted by Crippen LogP contribution is 2.28.